The van der Waals surface area contributed by atoms with E-state index in [9.17, 15) is 0 Å². The summed E-state index contributed by atoms with van der Waals surface area (Å²) in [6.07, 6.45) is 4.88. The molecular weight excluding hydrogens is 442 g/mol. The zero-order valence-corrected chi connectivity index (χ0v) is 20.5. The van der Waals surface area contributed by atoms with Gasteiger partial charge in [0.1, 0.15) is 0 Å². The second kappa shape index (κ2) is 9.18. The molecule has 0 bridgehead atoms. The van der Waals surface area contributed by atoms with Gasteiger partial charge in [-0.05, 0) is 0 Å². The van der Waals surface area contributed by atoms with Gasteiger partial charge in [0.15, 0.2) is 0 Å². The first-order chi connectivity index (χ1) is 10.9. The molecule has 0 N–H and O–H groups in total. The van der Waals surface area contributed by atoms with Gasteiger partial charge in [-0.25, -0.2) is 0 Å². The van der Waals surface area contributed by atoms with E-state index < -0.39 is 0 Å². The summed E-state index contributed by atoms with van der Waals surface area (Å²) in [5, 5.41) is 0. The standard InChI is InChI=1S/C19H19.C2H6Si.2ClH.Zr/c1-19(2,3)16-12-10-15(11-13-16)18-9-5-7-14-6-4-8-17(14)18;1-3-2;;;/h4-13H,1-3H3;1-2H3;2*1H;/q;;;;+2/p-2. The monoisotopic (exact) mass is 465 g/mol. The second-order valence-electron chi connectivity index (χ2n) is 7.62. The van der Waals surface area contributed by atoms with Crippen LogP contribution in [0.15, 0.2) is 48.5 Å². The number of benzene rings is 2. The number of allylic oxidation sites excluding steroid dienone is 1. The zero-order valence-electron chi connectivity index (χ0n) is 15.5. The number of fused-ring (bicyclic) bond motifs is 1. The minimum Gasteiger partial charge on any atom is -1.00 e. The summed E-state index contributed by atoms with van der Waals surface area (Å²) in [5.74, 6) is -0.0389. The van der Waals surface area contributed by atoms with E-state index in [0.29, 0.717) is 0 Å². The van der Waals surface area contributed by atoms with Crippen molar-refractivity contribution in [1.29, 1.82) is 0 Å². The van der Waals surface area contributed by atoms with Crippen LogP contribution in [-0.2, 0) is 27.8 Å². The summed E-state index contributed by atoms with van der Waals surface area (Å²) in [5.41, 5.74) is 7.45. The average Bonchev–Trinajstić information content (AvgIpc) is 2.89. The van der Waals surface area contributed by atoms with Gasteiger partial charge >= 0.3 is 154 Å². The molecule has 4 heteroatoms. The fraction of sp³-hybridized carbons (Fsp3) is 0.333. The molecule has 1 atom stereocenters. The summed E-state index contributed by atoms with van der Waals surface area (Å²) in [7, 11) is 0. The predicted octanol–water partition coefficient (Wildman–Crippen LogP) is 0.0606. The molecule has 0 nitrogen and oxygen atoms in total. The van der Waals surface area contributed by atoms with Crippen LogP contribution in [0.1, 0.15) is 41.1 Å². The molecule has 0 amide bonds. The van der Waals surface area contributed by atoms with Crippen molar-refractivity contribution >= 4 is 12.0 Å². The van der Waals surface area contributed by atoms with E-state index in [1.54, 1.807) is 5.56 Å². The zero-order chi connectivity index (χ0) is 16.6. The van der Waals surface area contributed by atoms with E-state index in [1.807, 2.05) is 0 Å². The molecule has 25 heavy (non-hydrogen) atoms. The van der Waals surface area contributed by atoms with E-state index in [-0.39, 0.29) is 58.5 Å². The Balaban J connectivity index is 0.00000156. The Hall–Kier alpha value is -0.140. The summed E-state index contributed by atoms with van der Waals surface area (Å²) < 4.78 is 0.797. The van der Waals surface area contributed by atoms with Gasteiger partial charge in [-0.2, -0.15) is 0 Å². The minimum atomic E-state index is -0.289. The first-order valence-corrected chi connectivity index (χ1v) is 16.0. The van der Waals surface area contributed by atoms with Gasteiger partial charge < -0.3 is 24.8 Å². The normalized spacial score (nSPS) is 15.2. The van der Waals surface area contributed by atoms with Gasteiger partial charge in [0.05, 0.1) is 0 Å². The molecule has 1 unspecified atom stereocenters. The van der Waals surface area contributed by atoms with Gasteiger partial charge in [-0.1, -0.05) is 0 Å². The summed E-state index contributed by atoms with van der Waals surface area (Å²) >= 11 is -0.289. The van der Waals surface area contributed by atoms with Gasteiger partial charge in [-0.15, -0.1) is 0 Å². The Kier molecular flexibility index (Phi) is 8.41. The molecule has 3 rings (SSSR count). The third-order valence-corrected chi connectivity index (χ3v) is 13.1. The molecule has 0 fully saturated rings. The Morgan fingerprint density at radius 3 is 2.12 bits per heavy atom. The van der Waals surface area contributed by atoms with Crippen molar-refractivity contribution in [2.45, 2.75) is 42.9 Å². The Bertz CT molecular complexity index is 731. The fourth-order valence-electron chi connectivity index (χ4n) is 3.17. The van der Waals surface area contributed by atoms with Crippen molar-refractivity contribution in [2.75, 3.05) is 0 Å². The summed E-state index contributed by atoms with van der Waals surface area (Å²) in [6, 6.07) is 16.1. The van der Waals surface area contributed by atoms with E-state index >= 15 is 0 Å². The number of halogens is 2. The van der Waals surface area contributed by atoms with Gasteiger partial charge in [0.25, 0.3) is 0 Å². The molecule has 0 heterocycles. The summed E-state index contributed by atoms with van der Waals surface area (Å²) in [4.78, 5) is 0. The first-order valence-electron chi connectivity index (χ1n) is 8.35. The maximum absolute atomic E-state index is 2.49. The minimum absolute atomic E-state index is 0. The van der Waals surface area contributed by atoms with Crippen LogP contribution < -0.4 is 24.8 Å². The SMILES string of the molecule is C[Si](C)[Zr+2][CH]1C=Cc2c(-c3ccc(C(C)(C)C)cc3)cccc21.[Cl-].[Cl-]. The van der Waals surface area contributed by atoms with Crippen molar-refractivity contribution < 1.29 is 47.2 Å². The smallest absolute Gasteiger partial charge is 1.00 e. The molecule has 0 saturated carbocycles. The molecule has 2 aromatic rings. The Morgan fingerprint density at radius 1 is 0.920 bits per heavy atom. The summed E-state index contributed by atoms with van der Waals surface area (Å²) in [6.45, 7) is 11.8. The van der Waals surface area contributed by atoms with Crippen LogP contribution in [0.25, 0.3) is 17.2 Å². The maximum Gasteiger partial charge on any atom is -1.00 e. The molecule has 1 aliphatic carbocycles. The number of hydrogen-bond acceptors (Lipinski definition) is 0. The quantitative estimate of drug-likeness (QED) is 0.561. The maximum atomic E-state index is 2.49. The van der Waals surface area contributed by atoms with Crippen molar-refractivity contribution in [3.05, 3.63) is 65.2 Å². The van der Waals surface area contributed by atoms with Crippen LogP contribution in [0.3, 0.4) is 0 Å². The molecule has 2 aromatic carbocycles. The molecular formula is C21H25Cl2SiZr. The van der Waals surface area contributed by atoms with E-state index in [0.717, 1.165) is 3.63 Å². The molecule has 131 valence electrons. The van der Waals surface area contributed by atoms with E-state index in [2.05, 4.69) is 88.5 Å². The Morgan fingerprint density at radius 2 is 1.56 bits per heavy atom. The molecule has 1 radical (unpaired) electrons. The third kappa shape index (κ3) is 5.19. The molecule has 0 saturated heterocycles. The van der Waals surface area contributed by atoms with Crippen LogP contribution in [-0.4, -0.2) is 5.92 Å². The number of hydrogen-bond donors (Lipinski definition) is 0. The van der Waals surface area contributed by atoms with Crippen LogP contribution in [0.2, 0.25) is 13.1 Å². The molecule has 1 aliphatic rings. The van der Waals surface area contributed by atoms with Crippen LogP contribution in [0.5, 0.6) is 0 Å². The first kappa shape index (κ1) is 22.9. The third-order valence-electron chi connectivity index (χ3n) is 4.44. The van der Waals surface area contributed by atoms with Crippen molar-refractivity contribution in [2.24, 2.45) is 0 Å². The molecule has 0 aromatic heterocycles. The van der Waals surface area contributed by atoms with E-state index in [4.69, 9.17) is 0 Å². The van der Waals surface area contributed by atoms with Crippen LogP contribution >= 0.6 is 0 Å². The largest absolute Gasteiger partial charge is 1.00 e. The topological polar surface area (TPSA) is 0 Å². The fourth-order valence-corrected chi connectivity index (χ4v) is 11.3. The van der Waals surface area contributed by atoms with Crippen molar-refractivity contribution in [1.82, 2.24) is 0 Å². The Labute approximate surface area is 177 Å². The molecule has 0 spiro atoms. The number of rotatable bonds is 3. The van der Waals surface area contributed by atoms with Crippen LogP contribution in [0, 0.1) is 0 Å². The second-order valence-corrected chi connectivity index (χ2v) is 20.9. The predicted molar refractivity (Wildman–Crippen MR) is 99.8 cm³/mol. The van der Waals surface area contributed by atoms with Crippen LogP contribution in [0.4, 0.5) is 0 Å². The van der Waals surface area contributed by atoms with E-state index in [1.165, 1.54) is 22.3 Å². The average molecular weight is 468 g/mol. The van der Waals surface area contributed by atoms with Crippen molar-refractivity contribution in [3.63, 3.8) is 0 Å². The van der Waals surface area contributed by atoms with Gasteiger partial charge in [0.2, 0.25) is 0 Å². The van der Waals surface area contributed by atoms with Gasteiger partial charge in [-0.3, -0.25) is 0 Å². The molecule has 0 aliphatic heterocycles. The van der Waals surface area contributed by atoms with Gasteiger partial charge in [0, 0.05) is 0 Å². The van der Waals surface area contributed by atoms with Crippen molar-refractivity contribution in [3.8, 4) is 11.1 Å².